The molecule has 0 aromatic heterocycles. The number of rotatable bonds is 4. The second kappa shape index (κ2) is 7.47. The summed E-state index contributed by atoms with van der Waals surface area (Å²) in [6.45, 7) is 0.518. The number of halogens is 3. The molecule has 1 atom stereocenters. The Labute approximate surface area is 147 Å². The molecule has 3 rings (SSSR count). The lowest BCUT2D eigenvalue weighted by molar-refractivity contribution is -0.117. The molecular weight excluding hydrogens is 347 g/mol. The van der Waals surface area contributed by atoms with Gasteiger partial charge in [0.05, 0.1) is 0 Å². The summed E-state index contributed by atoms with van der Waals surface area (Å²) in [6, 6.07) is 8.07. The molecule has 0 bridgehead atoms. The number of urea groups is 1. The molecule has 2 N–H and O–H groups in total. The first-order valence-electron chi connectivity index (χ1n) is 7.99. The number of hydrogen-bond donors (Lipinski definition) is 2. The lowest BCUT2D eigenvalue weighted by Crippen LogP contribution is -2.34. The van der Waals surface area contributed by atoms with Crippen molar-refractivity contribution >= 4 is 23.3 Å². The Kier molecular flexibility index (Phi) is 5.11. The van der Waals surface area contributed by atoms with Crippen LogP contribution >= 0.6 is 0 Å². The van der Waals surface area contributed by atoms with E-state index in [1.165, 1.54) is 35.2 Å². The summed E-state index contributed by atoms with van der Waals surface area (Å²) >= 11 is 0. The maximum absolute atomic E-state index is 13.5. The average molecular weight is 363 g/mol. The van der Waals surface area contributed by atoms with Gasteiger partial charge in [0, 0.05) is 31.1 Å². The van der Waals surface area contributed by atoms with Gasteiger partial charge in [0.25, 0.3) is 0 Å². The van der Waals surface area contributed by atoms with Crippen LogP contribution in [0.1, 0.15) is 6.42 Å². The van der Waals surface area contributed by atoms with Crippen molar-refractivity contribution in [1.82, 2.24) is 5.32 Å². The maximum Gasteiger partial charge on any atom is 0.319 e. The molecule has 2 aromatic carbocycles. The fraction of sp³-hybridized carbons (Fsp3) is 0.222. The molecule has 1 saturated heterocycles. The van der Waals surface area contributed by atoms with Crippen molar-refractivity contribution in [2.75, 3.05) is 23.3 Å². The largest absolute Gasteiger partial charge is 0.338 e. The molecule has 0 radical (unpaired) electrons. The van der Waals surface area contributed by atoms with E-state index in [4.69, 9.17) is 0 Å². The van der Waals surface area contributed by atoms with Gasteiger partial charge in [0.15, 0.2) is 0 Å². The fourth-order valence-electron chi connectivity index (χ4n) is 2.80. The zero-order valence-electron chi connectivity index (χ0n) is 13.6. The van der Waals surface area contributed by atoms with E-state index in [1.54, 1.807) is 0 Å². The zero-order valence-corrected chi connectivity index (χ0v) is 13.6. The molecule has 26 heavy (non-hydrogen) atoms. The van der Waals surface area contributed by atoms with Crippen molar-refractivity contribution in [2.45, 2.75) is 6.42 Å². The predicted molar refractivity (Wildman–Crippen MR) is 90.2 cm³/mol. The Morgan fingerprint density at radius 2 is 1.73 bits per heavy atom. The molecule has 1 unspecified atom stereocenters. The summed E-state index contributed by atoms with van der Waals surface area (Å²) < 4.78 is 40.0. The molecule has 8 heteroatoms. The van der Waals surface area contributed by atoms with E-state index in [1.807, 2.05) is 0 Å². The summed E-state index contributed by atoms with van der Waals surface area (Å²) in [5.74, 6) is -2.44. The normalized spacial score (nSPS) is 16.7. The third kappa shape index (κ3) is 3.96. The molecule has 0 aliphatic carbocycles. The highest BCUT2D eigenvalue weighted by Gasteiger charge is 2.30. The Hall–Kier alpha value is -3.03. The van der Waals surface area contributed by atoms with Gasteiger partial charge in [-0.25, -0.2) is 18.0 Å². The van der Waals surface area contributed by atoms with Crippen LogP contribution in [0.15, 0.2) is 42.5 Å². The monoisotopic (exact) mass is 363 g/mol. The molecule has 1 aliphatic heterocycles. The van der Waals surface area contributed by atoms with Crippen LogP contribution in [-0.2, 0) is 4.79 Å². The lowest BCUT2D eigenvalue weighted by Gasteiger charge is -2.17. The molecule has 5 nitrogen and oxygen atoms in total. The van der Waals surface area contributed by atoms with E-state index in [0.29, 0.717) is 12.2 Å². The van der Waals surface area contributed by atoms with Crippen LogP contribution in [0.2, 0.25) is 0 Å². The number of amides is 3. The van der Waals surface area contributed by atoms with Crippen LogP contribution in [0.5, 0.6) is 0 Å². The number of carbonyl (C=O) groups excluding carboxylic acids is 2. The van der Waals surface area contributed by atoms with Crippen molar-refractivity contribution in [1.29, 1.82) is 0 Å². The molecule has 0 spiro atoms. The SMILES string of the molecule is O=C(NCC1CC(=O)N(c2ccc(F)cc2)C1)Nc1c(F)cccc1F. The number of para-hydroxylation sites is 1. The highest BCUT2D eigenvalue weighted by molar-refractivity contribution is 5.96. The van der Waals surface area contributed by atoms with E-state index in [2.05, 4.69) is 10.6 Å². The van der Waals surface area contributed by atoms with Crippen LogP contribution in [0.25, 0.3) is 0 Å². The smallest absolute Gasteiger partial charge is 0.319 e. The first-order valence-corrected chi connectivity index (χ1v) is 7.99. The van der Waals surface area contributed by atoms with E-state index in [9.17, 15) is 22.8 Å². The minimum atomic E-state index is -0.876. The van der Waals surface area contributed by atoms with Crippen LogP contribution in [-0.4, -0.2) is 25.0 Å². The second-order valence-corrected chi connectivity index (χ2v) is 5.98. The van der Waals surface area contributed by atoms with Gasteiger partial charge in [0.2, 0.25) is 5.91 Å². The summed E-state index contributed by atoms with van der Waals surface area (Å²) in [5, 5.41) is 4.63. The minimum Gasteiger partial charge on any atom is -0.338 e. The van der Waals surface area contributed by atoms with Crippen LogP contribution < -0.4 is 15.5 Å². The molecule has 1 heterocycles. The van der Waals surface area contributed by atoms with Crippen LogP contribution in [0.4, 0.5) is 29.3 Å². The maximum atomic E-state index is 13.5. The number of anilines is 2. The highest BCUT2D eigenvalue weighted by atomic mass is 19.1. The lowest BCUT2D eigenvalue weighted by atomic mass is 10.1. The summed E-state index contributed by atoms with van der Waals surface area (Å²) in [6.07, 6.45) is 0.214. The van der Waals surface area contributed by atoms with Crippen molar-refractivity contribution in [3.8, 4) is 0 Å². The quantitative estimate of drug-likeness (QED) is 0.876. The zero-order chi connectivity index (χ0) is 18.7. The van der Waals surface area contributed by atoms with Gasteiger partial charge in [-0.1, -0.05) is 6.07 Å². The van der Waals surface area contributed by atoms with Crippen LogP contribution in [0, 0.1) is 23.4 Å². The number of nitrogens with one attached hydrogen (secondary N) is 2. The van der Waals surface area contributed by atoms with E-state index in [-0.39, 0.29) is 24.8 Å². The Bertz CT molecular complexity index is 807. The summed E-state index contributed by atoms with van der Waals surface area (Å²) in [4.78, 5) is 25.5. The predicted octanol–water partition coefficient (Wildman–Crippen LogP) is 3.28. The van der Waals surface area contributed by atoms with Gasteiger partial charge < -0.3 is 15.5 Å². The van der Waals surface area contributed by atoms with Crippen molar-refractivity contribution < 1.29 is 22.8 Å². The summed E-state index contributed by atoms with van der Waals surface area (Å²) in [5.41, 5.74) is 0.0530. The van der Waals surface area contributed by atoms with Gasteiger partial charge in [0.1, 0.15) is 23.1 Å². The Morgan fingerprint density at radius 1 is 1.08 bits per heavy atom. The standard InChI is InChI=1S/C18H16F3N3O2/c19-12-4-6-13(7-5-12)24-10-11(8-16(24)25)9-22-18(26)23-17-14(20)2-1-3-15(17)21/h1-7,11H,8-10H2,(H2,22,23,26). The van der Waals surface area contributed by atoms with E-state index in [0.717, 1.165) is 12.1 Å². The second-order valence-electron chi connectivity index (χ2n) is 5.98. The third-order valence-corrected chi connectivity index (χ3v) is 4.10. The molecule has 3 amide bonds. The topological polar surface area (TPSA) is 61.4 Å². The van der Waals surface area contributed by atoms with E-state index >= 15 is 0 Å². The fourth-order valence-corrected chi connectivity index (χ4v) is 2.80. The number of nitrogens with zero attached hydrogens (tertiary/aromatic N) is 1. The van der Waals surface area contributed by atoms with Gasteiger partial charge in [-0.15, -0.1) is 0 Å². The van der Waals surface area contributed by atoms with Gasteiger partial charge in [-0.05, 0) is 36.4 Å². The van der Waals surface area contributed by atoms with Crippen molar-refractivity contribution in [3.63, 3.8) is 0 Å². The number of carbonyl (C=O) groups is 2. The Balaban J connectivity index is 1.54. The molecule has 1 fully saturated rings. The molecular formula is C18H16F3N3O2. The summed E-state index contributed by atoms with van der Waals surface area (Å²) in [7, 11) is 0. The molecule has 2 aromatic rings. The molecule has 1 aliphatic rings. The van der Waals surface area contributed by atoms with Gasteiger partial charge >= 0.3 is 6.03 Å². The van der Waals surface area contributed by atoms with Crippen LogP contribution in [0.3, 0.4) is 0 Å². The van der Waals surface area contributed by atoms with Crippen molar-refractivity contribution in [2.24, 2.45) is 5.92 Å². The first kappa shape index (κ1) is 17.8. The number of hydrogen-bond acceptors (Lipinski definition) is 2. The third-order valence-electron chi connectivity index (χ3n) is 4.10. The first-order chi connectivity index (χ1) is 12.4. The minimum absolute atomic E-state index is 0.135. The van der Waals surface area contributed by atoms with Crippen molar-refractivity contribution in [3.05, 3.63) is 59.9 Å². The van der Waals surface area contributed by atoms with Gasteiger partial charge in [-0.2, -0.15) is 0 Å². The molecule has 136 valence electrons. The number of benzene rings is 2. The molecule has 0 saturated carbocycles. The highest BCUT2D eigenvalue weighted by Crippen LogP contribution is 2.25. The van der Waals surface area contributed by atoms with E-state index < -0.39 is 29.2 Å². The average Bonchev–Trinajstić information content (AvgIpc) is 2.98. The van der Waals surface area contributed by atoms with Gasteiger partial charge in [-0.3, -0.25) is 4.79 Å². The Morgan fingerprint density at radius 3 is 2.38 bits per heavy atom.